The topological polar surface area (TPSA) is 54.3 Å². The van der Waals surface area contributed by atoms with Crippen molar-refractivity contribution in [2.24, 2.45) is 0 Å². The lowest BCUT2D eigenvalue weighted by Crippen LogP contribution is -2.53. The molecule has 6 heteroatoms. The number of hydrogen-bond donors (Lipinski definition) is 0. The number of hydrogen-bond acceptors (Lipinski definition) is 4. The fourth-order valence-corrected chi connectivity index (χ4v) is 2.76. The molecule has 0 aliphatic carbocycles. The highest BCUT2D eigenvalue weighted by Gasteiger charge is 2.26. The summed E-state index contributed by atoms with van der Waals surface area (Å²) in [7, 11) is 2.09. The van der Waals surface area contributed by atoms with Crippen LogP contribution >= 0.6 is 0 Å². The molecule has 1 fully saturated rings. The molecular formula is C14H19N5O. The van der Waals surface area contributed by atoms with Crippen LogP contribution in [0.1, 0.15) is 6.92 Å². The first-order chi connectivity index (χ1) is 9.65. The molecule has 0 saturated carbocycles. The molecule has 3 rings (SSSR count). The third-order valence-corrected chi connectivity index (χ3v) is 3.86. The number of para-hydroxylation sites is 1. The number of carbonyl (C=O) groups excluding carboxylic acids is 1. The van der Waals surface area contributed by atoms with Crippen LogP contribution < -0.4 is 0 Å². The molecule has 1 aliphatic rings. The molecule has 0 bridgehead atoms. The molecule has 0 unspecified atom stereocenters. The van der Waals surface area contributed by atoms with Gasteiger partial charge in [-0.3, -0.25) is 4.79 Å². The van der Waals surface area contributed by atoms with Crippen LogP contribution in [-0.4, -0.2) is 63.4 Å². The summed E-state index contributed by atoms with van der Waals surface area (Å²) in [5.41, 5.74) is 1.73. The van der Waals surface area contributed by atoms with Crippen LogP contribution in [0.2, 0.25) is 0 Å². The second-order valence-electron chi connectivity index (χ2n) is 5.43. The summed E-state index contributed by atoms with van der Waals surface area (Å²) in [6, 6.07) is 7.95. The average Bonchev–Trinajstić information content (AvgIpc) is 2.82. The van der Waals surface area contributed by atoms with Crippen molar-refractivity contribution in [2.75, 3.05) is 26.7 Å². The Bertz CT molecular complexity index is 623. The fourth-order valence-electron chi connectivity index (χ4n) is 2.76. The molecule has 1 aromatic carbocycles. The number of aromatic nitrogens is 3. The molecule has 6 nitrogen and oxygen atoms in total. The number of carbonyl (C=O) groups is 1. The van der Waals surface area contributed by atoms with Crippen molar-refractivity contribution in [3.63, 3.8) is 0 Å². The third kappa shape index (κ3) is 2.38. The maximum absolute atomic E-state index is 12.4. The highest BCUT2D eigenvalue weighted by molar-refractivity contribution is 5.80. The molecular weight excluding hydrogens is 254 g/mol. The van der Waals surface area contributed by atoms with E-state index in [4.69, 9.17) is 0 Å². The van der Waals surface area contributed by atoms with E-state index in [0.717, 1.165) is 30.7 Å². The lowest BCUT2D eigenvalue weighted by molar-refractivity contribution is -0.136. The van der Waals surface area contributed by atoms with Crippen LogP contribution in [0, 0.1) is 0 Å². The second kappa shape index (κ2) is 5.20. The number of piperazine rings is 1. The minimum absolute atomic E-state index is 0.112. The smallest absolute Gasteiger partial charge is 0.244 e. The number of benzene rings is 1. The van der Waals surface area contributed by atoms with Gasteiger partial charge in [-0.1, -0.05) is 17.3 Å². The standard InChI is InChI=1S/C14H19N5O/c1-11-9-17(2)7-8-18(11)14(20)10-19-13-6-4-3-5-12(13)15-16-19/h3-6,11H,7-10H2,1-2H3/t11-/m1/s1. The van der Waals surface area contributed by atoms with Crippen LogP contribution in [0.4, 0.5) is 0 Å². The summed E-state index contributed by atoms with van der Waals surface area (Å²) < 4.78 is 1.68. The molecule has 1 atom stereocenters. The van der Waals surface area contributed by atoms with Gasteiger partial charge in [0.2, 0.25) is 5.91 Å². The zero-order valence-corrected chi connectivity index (χ0v) is 11.9. The SMILES string of the molecule is C[C@@H]1CN(C)CCN1C(=O)Cn1nnc2ccccc21. The minimum Gasteiger partial charge on any atom is -0.336 e. The van der Waals surface area contributed by atoms with Gasteiger partial charge < -0.3 is 9.80 Å². The van der Waals surface area contributed by atoms with Gasteiger partial charge in [0.05, 0.1) is 5.52 Å². The Kier molecular flexibility index (Phi) is 3.40. The first-order valence-corrected chi connectivity index (χ1v) is 6.91. The van der Waals surface area contributed by atoms with Gasteiger partial charge in [-0.2, -0.15) is 0 Å². The van der Waals surface area contributed by atoms with Gasteiger partial charge in [-0.25, -0.2) is 4.68 Å². The van der Waals surface area contributed by atoms with E-state index in [2.05, 4.69) is 29.2 Å². The first kappa shape index (κ1) is 13.1. The molecule has 1 aromatic heterocycles. The van der Waals surface area contributed by atoms with Gasteiger partial charge in [0.15, 0.2) is 0 Å². The van der Waals surface area contributed by atoms with Crippen molar-refractivity contribution in [1.82, 2.24) is 24.8 Å². The number of amides is 1. The van der Waals surface area contributed by atoms with Crippen LogP contribution in [0.25, 0.3) is 11.0 Å². The van der Waals surface area contributed by atoms with E-state index in [1.165, 1.54) is 0 Å². The molecule has 20 heavy (non-hydrogen) atoms. The molecule has 0 spiro atoms. The summed E-state index contributed by atoms with van der Waals surface area (Å²) in [5.74, 6) is 0.112. The van der Waals surface area contributed by atoms with E-state index in [1.807, 2.05) is 29.2 Å². The molecule has 106 valence electrons. The predicted octanol–water partition coefficient (Wildman–Crippen LogP) is 0.594. The quantitative estimate of drug-likeness (QED) is 0.804. The van der Waals surface area contributed by atoms with Crippen molar-refractivity contribution in [2.45, 2.75) is 19.5 Å². The summed E-state index contributed by atoms with van der Waals surface area (Å²) in [6.07, 6.45) is 0. The number of likely N-dealkylation sites (N-methyl/N-ethyl adjacent to an activating group) is 1. The van der Waals surface area contributed by atoms with E-state index in [9.17, 15) is 4.79 Å². The Balaban J connectivity index is 1.76. The molecule has 2 heterocycles. The lowest BCUT2D eigenvalue weighted by Gasteiger charge is -2.38. The monoisotopic (exact) mass is 273 g/mol. The van der Waals surface area contributed by atoms with Gasteiger partial charge in [-0.15, -0.1) is 5.10 Å². The molecule has 1 saturated heterocycles. The van der Waals surface area contributed by atoms with Gasteiger partial charge >= 0.3 is 0 Å². The Labute approximate surface area is 118 Å². The van der Waals surface area contributed by atoms with E-state index >= 15 is 0 Å². The van der Waals surface area contributed by atoms with Gasteiger partial charge in [0.25, 0.3) is 0 Å². The molecule has 1 amide bonds. The molecule has 2 aromatic rings. The molecule has 0 N–H and O–H groups in total. The predicted molar refractivity (Wildman–Crippen MR) is 76.2 cm³/mol. The lowest BCUT2D eigenvalue weighted by atomic mass is 10.2. The van der Waals surface area contributed by atoms with Crippen LogP contribution in [0.3, 0.4) is 0 Å². The highest BCUT2D eigenvalue weighted by atomic mass is 16.2. The highest BCUT2D eigenvalue weighted by Crippen LogP contribution is 2.12. The van der Waals surface area contributed by atoms with Gasteiger partial charge in [0.1, 0.15) is 12.1 Å². The van der Waals surface area contributed by atoms with E-state index in [0.29, 0.717) is 0 Å². The van der Waals surface area contributed by atoms with Gasteiger partial charge in [-0.05, 0) is 26.1 Å². The van der Waals surface area contributed by atoms with E-state index < -0.39 is 0 Å². The van der Waals surface area contributed by atoms with Crippen molar-refractivity contribution in [3.8, 4) is 0 Å². The largest absolute Gasteiger partial charge is 0.336 e. The average molecular weight is 273 g/mol. The third-order valence-electron chi connectivity index (χ3n) is 3.86. The normalized spacial score (nSPS) is 20.5. The zero-order chi connectivity index (χ0) is 14.1. The number of fused-ring (bicyclic) bond motifs is 1. The Morgan fingerprint density at radius 2 is 2.15 bits per heavy atom. The van der Waals surface area contributed by atoms with E-state index in [1.54, 1.807) is 4.68 Å². The number of rotatable bonds is 2. The Morgan fingerprint density at radius 3 is 2.95 bits per heavy atom. The molecule has 1 aliphatic heterocycles. The number of nitrogens with zero attached hydrogens (tertiary/aromatic N) is 5. The van der Waals surface area contributed by atoms with Crippen LogP contribution in [0.15, 0.2) is 24.3 Å². The van der Waals surface area contributed by atoms with Crippen molar-refractivity contribution in [1.29, 1.82) is 0 Å². The minimum atomic E-state index is 0.112. The van der Waals surface area contributed by atoms with Crippen LogP contribution in [0.5, 0.6) is 0 Å². The summed E-state index contributed by atoms with van der Waals surface area (Å²) in [5, 5.41) is 8.16. The molecule has 0 radical (unpaired) electrons. The summed E-state index contributed by atoms with van der Waals surface area (Å²) in [4.78, 5) is 16.6. The maximum Gasteiger partial charge on any atom is 0.244 e. The summed E-state index contributed by atoms with van der Waals surface area (Å²) in [6.45, 7) is 4.97. The van der Waals surface area contributed by atoms with Crippen LogP contribution in [-0.2, 0) is 11.3 Å². The summed E-state index contributed by atoms with van der Waals surface area (Å²) >= 11 is 0. The Hall–Kier alpha value is -1.95. The van der Waals surface area contributed by atoms with Crippen molar-refractivity contribution in [3.05, 3.63) is 24.3 Å². The van der Waals surface area contributed by atoms with Crippen molar-refractivity contribution < 1.29 is 4.79 Å². The maximum atomic E-state index is 12.4. The van der Waals surface area contributed by atoms with E-state index in [-0.39, 0.29) is 18.5 Å². The second-order valence-corrected chi connectivity index (χ2v) is 5.43. The first-order valence-electron chi connectivity index (χ1n) is 6.91. The van der Waals surface area contributed by atoms with Crippen molar-refractivity contribution >= 4 is 16.9 Å². The zero-order valence-electron chi connectivity index (χ0n) is 11.9. The fraction of sp³-hybridized carbons (Fsp3) is 0.500. The van der Waals surface area contributed by atoms with Gasteiger partial charge in [0, 0.05) is 25.7 Å². The Morgan fingerprint density at radius 1 is 1.35 bits per heavy atom.